The molecule has 0 unspecified atom stereocenters. The van der Waals surface area contributed by atoms with E-state index in [1.165, 1.54) is 30.6 Å². The molecule has 0 atom stereocenters. The monoisotopic (exact) mass is 379 g/mol. The van der Waals surface area contributed by atoms with E-state index in [-0.39, 0.29) is 11.4 Å². The van der Waals surface area contributed by atoms with E-state index < -0.39 is 11.8 Å². The van der Waals surface area contributed by atoms with Gasteiger partial charge in [-0.2, -0.15) is 10.2 Å². The van der Waals surface area contributed by atoms with Crippen molar-refractivity contribution in [1.82, 2.24) is 15.8 Å². The molecule has 9 heteroatoms. The lowest BCUT2D eigenvalue weighted by Gasteiger charge is -2.02. The van der Waals surface area contributed by atoms with Crippen molar-refractivity contribution in [2.45, 2.75) is 13.8 Å². The number of carbonyl (C=O) groups is 2. The first-order valence-electron chi connectivity index (χ1n) is 8.28. The van der Waals surface area contributed by atoms with Crippen LogP contribution >= 0.6 is 0 Å². The van der Waals surface area contributed by atoms with E-state index in [0.717, 1.165) is 11.5 Å². The minimum Gasteiger partial charge on any atom is -0.460 e. The number of nitrogens with one attached hydrogen (secondary N) is 2. The lowest BCUT2D eigenvalue weighted by atomic mass is 10.3. The zero-order valence-corrected chi connectivity index (χ0v) is 15.2. The van der Waals surface area contributed by atoms with Crippen LogP contribution in [0.15, 0.2) is 61.5 Å². The standard InChI is InChI=1S/C19H17N5O4/c1-12-6-8-14(27-12)10-20-23-18(25)16-4-3-5-17(22-16)19(26)24-21-11-15-9-7-13(2)28-15/h3-11H,1-2H3,(H,23,25)(H,24,26). The summed E-state index contributed by atoms with van der Waals surface area (Å²) in [5.74, 6) is 1.34. The summed E-state index contributed by atoms with van der Waals surface area (Å²) < 4.78 is 10.6. The van der Waals surface area contributed by atoms with Gasteiger partial charge in [-0.25, -0.2) is 15.8 Å². The van der Waals surface area contributed by atoms with Gasteiger partial charge < -0.3 is 8.83 Å². The predicted octanol–water partition coefficient (Wildman–Crippen LogP) is 2.41. The summed E-state index contributed by atoms with van der Waals surface area (Å²) in [6.07, 6.45) is 2.74. The van der Waals surface area contributed by atoms with E-state index in [2.05, 4.69) is 26.0 Å². The van der Waals surface area contributed by atoms with Crippen LogP contribution in [-0.4, -0.2) is 29.2 Å². The van der Waals surface area contributed by atoms with Gasteiger partial charge in [-0.15, -0.1) is 0 Å². The quantitative estimate of drug-likeness (QED) is 0.503. The fourth-order valence-electron chi connectivity index (χ4n) is 2.16. The zero-order chi connectivity index (χ0) is 19.9. The lowest BCUT2D eigenvalue weighted by molar-refractivity contribution is 0.0946. The van der Waals surface area contributed by atoms with Crippen molar-refractivity contribution in [3.05, 3.63) is 76.9 Å². The molecule has 0 aliphatic rings. The average Bonchev–Trinajstić information content (AvgIpc) is 3.29. The average molecular weight is 379 g/mol. The number of amides is 2. The van der Waals surface area contributed by atoms with Crippen LogP contribution in [0.2, 0.25) is 0 Å². The SMILES string of the molecule is Cc1ccc(C=NNC(=O)c2cccc(C(=O)NN=Cc3ccc(C)o3)n2)o1. The Morgan fingerprint density at radius 1 is 0.821 bits per heavy atom. The maximum atomic E-state index is 12.1. The number of aryl methyl sites for hydroxylation is 2. The molecule has 2 N–H and O–H groups in total. The highest BCUT2D eigenvalue weighted by Gasteiger charge is 2.11. The van der Waals surface area contributed by atoms with Crippen molar-refractivity contribution in [2.24, 2.45) is 10.2 Å². The normalized spacial score (nSPS) is 11.2. The summed E-state index contributed by atoms with van der Waals surface area (Å²) in [5.41, 5.74) is 4.72. The van der Waals surface area contributed by atoms with Crippen LogP contribution < -0.4 is 10.9 Å². The topological polar surface area (TPSA) is 122 Å². The Labute approximate surface area is 160 Å². The summed E-state index contributed by atoms with van der Waals surface area (Å²) in [6.45, 7) is 3.60. The highest BCUT2D eigenvalue weighted by Crippen LogP contribution is 2.04. The fourth-order valence-corrected chi connectivity index (χ4v) is 2.16. The molecule has 0 saturated heterocycles. The number of nitrogens with zero attached hydrogens (tertiary/aromatic N) is 3. The van der Waals surface area contributed by atoms with Crippen LogP contribution in [-0.2, 0) is 0 Å². The van der Waals surface area contributed by atoms with Gasteiger partial charge in [0, 0.05) is 0 Å². The Kier molecular flexibility index (Phi) is 5.75. The molecule has 0 bridgehead atoms. The fraction of sp³-hybridized carbons (Fsp3) is 0.105. The van der Waals surface area contributed by atoms with Gasteiger partial charge in [0.25, 0.3) is 11.8 Å². The number of rotatable bonds is 6. The van der Waals surface area contributed by atoms with Crippen LogP contribution in [0.4, 0.5) is 0 Å². The van der Waals surface area contributed by atoms with Crippen LogP contribution in [0.1, 0.15) is 44.0 Å². The maximum absolute atomic E-state index is 12.1. The highest BCUT2D eigenvalue weighted by molar-refractivity contribution is 5.96. The summed E-state index contributed by atoms with van der Waals surface area (Å²) in [4.78, 5) is 28.3. The molecule has 28 heavy (non-hydrogen) atoms. The van der Waals surface area contributed by atoms with Gasteiger partial charge in [-0.1, -0.05) is 6.07 Å². The number of hydrogen-bond donors (Lipinski definition) is 2. The largest absolute Gasteiger partial charge is 0.460 e. The highest BCUT2D eigenvalue weighted by atomic mass is 16.3. The molecule has 2 amide bonds. The Morgan fingerprint density at radius 2 is 1.29 bits per heavy atom. The Hall–Kier alpha value is -4.01. The maximum Gasteiger partial charge on any atom is 0.289 e. The third-order valence-electron chi connectivity index (χ3n) is 3.45. The number of furan rings is 2. The first kappa shape index (κ1) is 18.8. The molecule has 0 aliphatic carbocycles. The summed E-state index contributed by atoms with van der Waals surface area (Å²) >= 11 is 0. The van der Waals surface area contributed by atoms with E-state index in [1.807, 2.05) is 0 Å². The molecule has 0 aliphatic heterocycles. The van der Waals surface area contributed by atoms with Crippen molar-refractivity contribution < 1.29 is 18.4 Å². The van der Waals surface area contributed by atoms with Crippen LogP contribution in [0.25, 0.3) is 0 Å². The van der Waals surface area contributed by atoms with Gasteiger partial charge in [0.15, 0.2) is 0 Å². The van der Waals surface area contributed by atoms with Gasteiger partial charge in [0.2, 0.25) is 0 Å². The zero-order valence-electron chi connectivity index (χ0n) is 15.2. The second-order valence-corrected chi connectivity index (χ2v) is 5.70. The smallest absolute Gasteiger partial charge is 0.289 e. The Morgan fingerprint density at radius 3 is 1.68 bits per heavy atom. The molecule has 0 radical (unpaired) electrons. The first-order chi connectivity index (χ1) is 13.5. The molecule has 142 valence electrons. The van der Waals surface area contributed by atoms with Gasteiger partial charge in [-0.05, 0) is 50.2 Å². The van der Waals surface area contributed by atoms with E-state index in [1.54, 1.807) is 38.1 Å². The summed E-state index contributed by atoms with van der Waals surface area (Å²) in [5, 5.41) is 7.60. The van der Waals surface area contributed by atoms with Crippen LogP contribution in [0.5, 0.6) is 0 Å². The molecule has 3 aromatic heterocycles. The number of hydrogen-bond acceptors (Lipinski definition) is 7. The van der Waals surface area contributed by atoms with Crippen LogP contribution in [0.3, 0.4) is 0 Å². The van der Waals surface area contributed by atoms with Gasteiger partial charge in [0.05, 0.1) is 12.4 Å². The second-order valence-electron chi connectivity index (χ2n) is 5.70. The van der Waals surface area contributed by atoms with Crippen molar-refractivity contribution in [3.8, 4) is 0 Å². The second kappa shape index (κ2) is 8.58. The molecule has 9 nitrogen and oxygen atoms in total. The van der Waals surface area contributed by atoms with Crippen molar-refractivity contribution in [1.29, 1.82) is 0 Å². The minimum absolute atomic E-state index is 0.0334. The molecule has 0 aromatic carbocycles. The van der Waals surface area contributed by atoms with Gasteiger partial charge in [0.1, 0.15) is 34.4 Å². The molecule has 0 saturated carbocycles. The number of aromatic nitrogens is 1. The van der Waals surface area contributed by atoms with E-state index in [0.29, 0.717) is 11.5 Å². The van der Waals surface area contributed by atoms with Gasteiger partial charge in [-0.3, -0.25) is 9.59 Å². The molecular weight excluding hydrogens is 362 g/mol. The van der Waals surface area contributed by atoms with E-state index in [4.69, 9.17) is 8.83 Å². The molecule has 3 heterocycles. The van der Waals surface area contributed by atoms with Crippen molar-refractivity contribution in [2.75, 3.05) is 0 Å². The number of hydrazone groups is 2. The molecule has 3 rings (SSSR count). The van der Waals surface area contributed by atoms with Crippen molar-refractivity contribution >= 4 is 24.2 Å². The molecular formula is C19H17N5O4. The van der Waals surface area contributed by atoms with E-state index >= 15 is 0 Å². The molecule has 3 aromatic rings. The predicted molar refractivity (Wildman–Crippen MR) is 101 cm³/mol. The first-order valence-corrected chi connectivity index (χ1v) is 8.28. The van der Waals surface area contributed by atoms with E-state index in [9.17, 15) is 9.59 Å². The summed E-state index contributed by atoms with van der Waals surface area (Å²) in [6, 6.07) is 11.5. The van der Waals surface area contributed by atoms with Crippen molar-refractivity contribution in [3.63, 3.8) is 0 Å². The Balaban J connectivity index is 1.59. The number of pyridine rings is 1. The van der Waals surface area contributed by atoms with Gasteiger partial charge >= 0.3 is 0 Å². The molecule has 0 fully saturated rings. The summed E-state index contributed by atoms with van der Waals surface area (Å²) in [7, 11) is 0. The third-order valence-corrected chi connectivity index (χ3v) is 3.45. The number of carbonyl (C=O) groups excluding carboxylic acids is 2. The Bertz CT molecular complexity index is 969. The third kappa shape index (κ3) is 5.01. The lowest BCUT2D eigenvalue weighted by Crippen LogP contribution is -2.23. The minimum atomic E-state index is -0.566. The van der Waals surface area contributed by atoms with Crippen LogP contribution in [0, 0.1) is 13.8 Å². The molecule has 0 spiro atoms.